The van der Waals surface area contributed by atoms with Crippen LogP contribution in [0.4, 0.5) is 4.39 Å². The maximum absolute atomic E-state index is 12.9. The predicted molar refractivity (Wildman–Crippen MR) is 68.4 cm³/mol. The fraction of sp³-hybridized carbons (Fsp3) is 0.571. The molecule has 1 N–H and O–H groups in total. The van der Waals surface area contributed by atoms with Crippen LogP contribution in [0, 0.1) is 12.7 Å². The van der Waals surface area contributed by atoms with Gasteiger partial charge < -0.3 is 10.0 Å². The zero-order valence-corrected chi connectivity index (χ0v) is 10.7. The van der Waals surface area contributed by atoms with Crippen molar-refractivity contribution in [2.45, 2.75) is 32.7 Å². The molecule has 0 saturated heterocycles. The zero-order valence-electron chi connectivity index (χ0n) is 10.7. The van der Waals surface area contributed by atoms with E-state index in [0.29, 0.717) is 0 Å². The van der Waals surface area contributed by atoms with E-state index in [1.54, 1.807) is 6.07 Å². The molecular weight excluding hydrogens is 217 g/mol. The van der Waals surface area contributed by atoms with Crippen molar-refractivity contribution < 1.29 is 9.50 Å². The Morgan fingerprint density at radius 2 is 2.00 bits per heavy atom. The Kier molecular flexibility index (Phi) is 6.16. The number of halogens is 1. The van der Waals surface area contributed by atoms with Crippen molar-refractivity contribution in [2.75, 3.05) is 20.2 Å². The quantitative estimate of drug-likeness (QED) is 0.740. The van der Waals surface area contributed by atoms with Crippen molar-refractivity contribution in [2.24, 2.45) is 0 Å². The van der Waals surface area contributed by atoms with Crippen LogP contribution in [-0.2, 0) is 6.54 Å². The summed E-state index contributed by atoms with van der Waals surface area (Å²) in [5.74, 6) is -0.170. The van der Waals surface area contributed by atoms with Crippen LogP contribution in [0.2, 0.25) is 0 Å². The minimum absolute atomic E-state index is 0.170. The van der Waals surface area contributed by atoms with Gasteiger partial charge in [0, 0.05) is 13.2 Å². The molecule has 1 aromatic rings. The molecule has 0 bridgehead atoms. The summed E-state index contributed by atoms with van der Waals surface area (Å²) < 4.78 is 12.9. The van der Waals surface area contributed by atoms with Gasteiger partial charge >= 0.3 is 0 Å². The van der Waals surface area contributed by atoms with Crippen LogP contribution in [0.3, 0.4) is 0 Å². The average molecular weight is 239 g/mol. The summed E-state index contributed by atoms with van der Waals surface area (Å²) in [5, 5.41) is 8.68. The Morgan fingerprint density at radius 3 is 2.65 bits per heavy atom. The van der Waals surface area contributed by atoms with Gasteiger partial charge in [0.1, 0.15) is 5.82 Å². The smallest absolute Gasteiger partial charge is 0.123 e. The fourth-order valence-corrected chi connectivity index (χ4v) is 1.88. The summed E-state index contributed by atoms with van der Waals surface area (Å²) >= 11 is 0. The molecule has 0 aromatic heterocycles. The van der Waals surface area contributed by atoms with Gasteiger partial charge in [-0.1, -0.05) is 6.07 Å². The van der Waals surface area contributed by atoms with Crippen molar-refractivity contribution in [3.63, 3.8) is 0 Å². The lowest BCUT2D eigenvalue weighted by atomic mass is 10.1. The number of unbranched alkanes of at least 4 members (excludes halogenated alkanes) is 2. The first-order valence-electron chi connectivity index (χ1n) is 6.18. The molecule has 3 heteroatoms. The lowest BCUT2D eigenvalue weighted by Gasteiger charge is -2.17. The van der Waals surface area contributed by atoms with Gasteiger partial charge in [0.2, 0.25) is 0 Å². The molecule has 0 heterocycles. The molecular formula is C14H22FNO. The summed E-state index contributed by atoms with van der Waals surface area (Å²) in [4.78, 5) is 2.23. The molecule has 0 spiro atoms. The van der Waals surface area contributed by atoms with Crippen LogP contribution < -0.4 is 0 Å². The topological polar surface area (TPSA) is 23.5 Å². The minimum Gasteiger partial charge on any atom is -0.396 e. The molecule has 1 aromatic carbocycles. The van der Waals surface area contributed by atoms with E-state index < -0.39 is 0 Å². The van der Waals surface area contributed by atoms with Gasteiger partial charge in [-0.15, -0.1) is 0 Å². The highest BCUT2D eigenvalue weighted by Crippen LogP contribution is 2.12. The molecule has 0 aliphatic heterocycles. The molecule has 2 nitrogen and oxygen atoms in total. The number of benzene rings is 1. The Balaban J connectivity index is 2.37. The van der Waals surface area contributed by atoms with Crippen molar-refractivity contribution in [1.29, 1.82) is 0 Å². The molecule has 96 valence electrons. The first kappa shape index (κ1) is 14.1. The predicted octanol–water partition coefficient (Wildman–Crippen LogP) is 2.73. The van der Waals surface area contributed by atoms with E-state index in [9.17, 15) is 4.39 Å². The molecule has 17 heavy (non-hydrogen) atoms. The van der Waals surface area contributed by atoms with Gasteiger partial charge in [-0.2, -0.15) is 0 Å². The number of nitrogens with zero attached hydrogens (tertiary/aromatic N) is 1. The van der Waals surface area contributed by atoms with Crippen LogP contribution in [0.5, 0.6) is 0 Å². The highest BCUT2D eigenvalue weighted by Gasteiger charge is 2.04. The number of aliphatic hydroxyl groups is 1. The van der Waals surface area contributed by atoms with Gasteiger partial charge in [-0.3, -0.25) is 0 Å². The Labute approximate surface area is 103 Å². The van der Waals surface area contributed by atoms with Crippen molar-refractivity contribution in [1.82, 2.24) is 4.90 Å². The lowest BCUT2D eigenvalue weighted by molar-refractivity contribution is 0.271. The van der Waals surface area contributed by atoms with Gasteiger partial charge in [-0.05, 0) is 63.0 Å². The van der Waals surface area contributed by atoms with Crippen LogP contribution >= 0.6 is 0 Å². The summed E-state index contributed by atoms with van der Waals surface area (Å²) in [6, 6.07) is 4.95. The lowest BCUT2D eigenvalue weighted by Crippen LogP contribution is -2.19. The maximum atomic E-state index is 12.9. The number of aliphatic hydroxyl groups excluding tert-OH is 1. The largest absolute Gasteiger partial charge is 0.396 e. The monoisotopic (exact) mass is 239 g/mol. The molecule has 0 saturated carbocycles. The first-order chi connectivity index (χ1) is 8.13. The number of hydrogen-bond donors (Lipinski definition) is 1. The molecule has 0 atom stereocenters. The highest BCUT2D eigenvalue weighted by molar-refractivity contribution is 5.26. The minimum atomic E-state index is -0.170. The highest BCUT2D eigenvalue weighted by atomic mass is 19.1. The molecule has 0 amide bonds. The summed E-state index contributed by atoms with van der Waals surface area (Å²) in [7, 11) is 2.07. The number of hydrogen-bond acceptors (Lipinski definition) is 2. The second-order valence-electron chi connectivity index (χ2n) is 4.59. The molecule has 0 aliphatic carbocycles. The van der Waals surface area contributed by atoms with E-state index in [1.165, 1.54) is 11.6 Å². The number of rotatable bonds is 7. The second kappa shape index (κ2) is 7.41. The summed E-state index contributed by atoms with van der Waals surface area (Å²) in [6.45, 7) is 4.08. The van der Waals surface area contributed by atoms with E-state index in [2.05, 4.69) is 11.9 Å². The normalized spacial score (nSPS) is 11.1. The van der Waals surface area contributed by atoms with Crippen LogP contribution in [-0.4, -0.2) is 30.2 Å². The average Bonchev–Trinajstić information content (AvgIpc) is 2.28. The summed E-state index contributed by atoms with van der Waals surface area (Å²) in [5.41, 5.74) is 2.18. The van der Waals surface area contributed by atoms with Crippen molar-refractivity contribution in [3.8, 4) is 0 Å². The van der Waals surface area contributed by atoms with Gasteiger partial charge in [-0.25, -0.2) is 4.39 Å². The zero-order chi connectivity index (χ0) is 12.7. The number of aryl methyl sites for hydroxylation is 1. The van der Waals surface area contributed by atoms with Gasteiger partial charge in [0.05, 0.1) is 0 Å². The van der Waals surface area contributed by atoms with Crippen molar-refractivity contribution in [3.05, 3.63) is 35.1 Å². The third kappa shape index (κ3) is 5.29. The molecule has 0 radical (unpaired) electrons. The van der Waals surface area contributed by atoms with E-state index in [0.717, 1.165) is 37.9 Å². The first-order valence-corrected chi connectivity index (χ1v) is 6.18. The van der Waals surface area contributed by atoms with Gasteiger partial charge in [0.15, 0.2) is 0 Å². The Bertz CT molecular complexity index is 341. The second-order valence-corrected chi connectivity index (χ2v) is 4.59. The molecule has 0 unspecified atom stereocenters. The SMILES string of the molecule is Cc1cc(F)ccc1CN(C)CCCCCO. The Hall–Kier alpha value is -0.930. The molecule has 1 rings (SSSR count). The third-order valence-corrected chi connectivity index (χ3v) is 2.94. The van der Waals surface area contributed by atoms with E-state index in [4.69, 9.17) is 5.11 Å². The van der Waals surface area contributed by atoms with Crippen LogP contribution in [0.15, 0.2) is 18.2 Å². The molecule has 0 aliphatic rings. The molecule has 0 fully saturated rings. The van der Waals surface area contributed by atoms with E-state index in [1.807, 2.05) is 13.0 Å². The van der Waals surface area contributed by atoms with Crippen molar-refractivity contribution >= 4 is 0 Å². The Morgan fingerprint density at radius 1 is 1.24 bits per heavy atom. The van der Waals surface area contributed by atoms with E-state index >= 15 is 0 Å². The van der Waals surface area contributed by atoms with Crippen LogP contribution in [0.1, 0.15) is 30.4 Å². The third-order valence-electron chi connectivity index (χ3n) is 2.94. The van der Waals surface area contributed by atoms with Gasteiger partial charge in [0.25, 0.3) is 0 Å². The van der Waals surface area contributed by atoms with Crippen LogP contribution in [0.25, 0.3) is 0 Å². The fourth-order valence-electron chi connectivity index (χ4n) is 1.88. The standard InChI is InChI=1S/C14H22FNO/c1-12-10-14(15)7-6-13(12)11-16(2)8-4-3-5-9-17/h6-7,10,17H,3-5,8-9,11H2,1-2H3. The summed E-state index contributed by atoms with van der Waals surface area (Å²) in [6.07, 6.45) is 3.03. The van der Waals surface area contributed by atoms with E-state index in [-0.39, 0.29) is 12.4 Å². The maximum Gasteiger partial charge on any atom is 0.123 e.